The van der Waals surface area contributed by atoms with Crippen molar-refractivity contribution < 1.29 is 0 Å². The third-order valence-electron chi connectivity index (χ3n) is 3.41. The molecule has 15 heavy (non-hydrogen) atoms. The molecule has 2 heteroatoms. The number of rotatable bonds is 0. The van der Waals surface area contributed by atoms with Crippen LogP contribution in [-0.4, -0.2) is 38.1 Å². The Morgan fingerprint density at radius 2 is 1.87 bits per heavy atom. The average Bonchev–Trinajstić information content (AvgIpc) is 2.19. The summed E-state index contributed by atoms with van der Waals surface area (Å²) in [6.45, 7) is 9.38. The van der Waals surface area contributed by atoms with Gasteiger partial charge in [0.2, 0.25) is 0 Å². The Morgan fingerprint density at radius 1 is 1.20 bits per heavy atom. The molecule has 0 amide bonds. The average molecular weight is 212 g/mol. The Kier molecular flexibility index (Phi) is 5.62. The molecule has 2 fully saturated rings. The predicted octanol–water partition coefficient (Wildman–Crippen LogP) is 2.50. The van der Waals surface area contributed by atoms with Crippen molar-refractivity contribution in [2.45, 2.75) is 46.0 Å². The molecule has 1 spiro atoms. The zero-order valence-corrected chi connectivity index (χ0v) is 10.8. The number of hydrogen-bond donors (Lipinski definition) is 1. The minimum absolute atomic E-state index is 0.644. The standard InChI is InChI=1S/C10H20N2.C3H8/c1-12-7-3-5-10(9-12)4-2-6-11-8-10;1-3-2/h11H,2-9H2,1H3;3H2,1-2H3. The van der Waals surface area contributed by atoms with E-state index in [1.807, 2.05) is 0 Å². The van der Waals surface area contributed by atoms with E-state index in [1.54, 1.807) is 0 Å². The molecular formula is C13H28N2. The van der Waals surface area contributed by atoms with Crippen molar-refractivity contribution in [1.29, 1.82) is 0 Å². The first-order chi connectivity index (χ1) is 7.22. The number of nitrogens with one attached hydrogen (secondary N) is 1. The van der Waals surface area contributed by atoms with Crippen molar-refractivity contribution in [2.75, 3.05) is 33.2 Å². The summed E-state index contributed by atoms with van der Waals surface area (Å²) < 4.78 is 0. The molecule has 0 aromatic heterocycles. The largest absolute Gasteiger partial charge is 0.316 e. The molecule has 0 radical (unpaired) electrons. The Hall–Kier alpha value is -0.0800. The maximum Gasteiger partial charge on any atom is 0.00471 e. The van der Waals surface area contributed by atoms with Crippen LogP contribution in [0.25, 0.3) is 0 Å². The molecule has 1 unspecified atom stereocenters. The van der Waals surface area contributed by atoms with Crippen LogP contribution in [-0.2, 0) is 0 Å². The van der Waals surface area contributed by atoms with Crippen LogP contribution in [0.5, 0.6) is 0 Å². The van der Waals surface area contributed by atoms with Gasteiger partial charge in [0.05, 0.1) is 0 Å². The van der Waals surface area contributed by atoms with Crippen molar-refractivity contribution in [3.05, 3.63) is 0 Å². The van der Waals surface area contributed by atoms with Gasteiger partial charge in [0.15, 0.2) is 0 Å². The Morgan fingerprint density at radius 3 is 2.40 bits per heavy atom. The summed E-state index contributed by atoms with van der Waals surface area (Å²) in [6.07, 6.45) is 6.93. The van der Waals surface area contributed by atoms with E-state index in [0.29, 0.717) is 5.41 Å². The minimum atomic E-state index is 0.644. The first kappa shape index (κ1) is 13.0. The van der Waals surface area contributed by atoms with Crippen LogP contribution in [0.1, 0.15) is 46.0 Å². The Balaban J connectivity index is 0.000000337. The molecular weight excluding hydrogens is 184 g/mol. The monoisotopic (exact) mass is 212 g/mol. The molecule has 1 N–H and O–H groups in total. The Labute approximate surface area is 95.4 Å². The van der Waals surface area contributed by atoms with E-state index < -0.39 is 0 Å². The van der Waals surface area contributed by atoms with Gasteiger partial charge in [-0.25, -0.2) is 0 Å². The van der Waals surface area contributed by atoms with Crippen LogP contribution in [0.3, 0.4) is 0 Å². The predicted molar refractivity (Wildman–Crippen MR) is 67.2 cm³/mol. The van der Waals surface area contributed by atoms with Crippen LogP contribution in [0.15, 0.2) is 0 Å². The van der Waals surface area contributed by atoms with Crippen LogP contribution in [0, 0.1) is 5.41 Å². The highest BCUT2D eigenvalue weighted by molar-refractivity contribution is 4.90. The number of likely N-dealkylation sites (tertiary alicyclic amines) is 1. The van der Waals surface area contributed by atoms with Crippen molar-refractivity contribution in [1.82, 2.24) is 10.2 Å². The van der Waals surface area contributed by atoms with Crippen LogP contribution in [0.2, 0.25) is 0 Å². The lowest BCUT2D eigenvalue weighted by Crippen LogP contribution is -2.49. The molecule has 2 rings (SSSR count). The van der Waals surface area contributed by atoms with E-state index >= 15 is 0 Å². The van der Waals surface area contributed by atoms with Crippen LogP contribution in [0.4, 0.5) is 0 Å². The lowest BCUT2D eigenvalue weighted by Gasteiger charge is -2.44. The molecule has 0 aromatic rings. The molecule has 0 aromatic carbocycles. The fourth-order valence-electron chi connectivity index (χ4n) is 2.83. The lowest BCUT2D eigenvalue weighted by molar-refractivity contribution is 0.0810. The molecule has 0 aliphatic carbocycles. The Bertz CT molecular complexity index is 156. The van der Waals surface area contributed by atoms with E-state index in [0.717, 1.165) is 0 Å². The normalized spacial score (nSPS) is 32.2. The summed E-state index contributed by atoms with van der Waals surface area (Å²) in [5.41, 5.74) is 0.644. The third-order valence-corrected chi connectivity index (χ3v) is 3.41. The highest BCUT2D eigenvalue weighted by Gasteiger charge is 2.34. The van der Waals surface area contributed by atoms with Gasteiger partial charge in [-0.15, -0.1) is 0 Å². The van der Waals surface area contributed by atoms with Crippen molar-refractivity contribution >= 4 is 0 Å². The summed E-state index contributed by atoms with van der Waals surface area (Å²) in [4.78, 5) is 2.50. The number of nitrogens with zero attached hydrogens (tertiary/aromatic N) is 1. The smallest absolute Gasteiger partial charge is 0.00471 e. The highest BCUT2D eigenvalue weighted by atomic mass is 15.1. The highest BCUT2D eigenvalue weighted by Crippen LogP contribution is 2.35. The van der Waals surface area contributed by atoms with Crippen LogP contribution >= 0.6 is 0 Å². The van der Waals surface area contributed by atoms with Gasteiger partial charge in [0.1, 0.15) is 0 Å². The molecule has 0 bridgehead atoms. The number of hydrogen-bond acceptors (Lipinski definition) is 2. The summed E-state index contributed by atoms with van der Waals surface area (Å²) in [7, 11) is 2.26. The van der Waals surface area contributed by atoms with Crippen LogP contribution < -0.4 is 5.32 Å². The second-order valence-electron chi connectivity index (χ2n) is 5.33. The summed E-state index contributed by atoms with van der Waals surface area (Å²) in [5.74, 6) is 0. The molecule has 90 valence electrons. The van der Waals surface area contributed by atoms with E-state index in [9.17, 15) is 0 Å². The second kappa shape index (κ2) is 6.49. The fraction of sp³-hybridized carbons (Fsp3) is 1.00. The van der Waals surface area contributed by atoms with Gasteiger partial charge in [0, 0.05) is 13.1 Å². The second-order valence-corrected chi connectivity index (χ2v) is 5.33. The van der Waals surface area contributed by atoms with E-state index in [-0.39, 0.29) is 0 Å². The maximum absolute atomic E-state index is 3.54. The topological polar surface area (TPSA) is 15.3 Å². The summed E-state index contributed by atoms with van der Waals surface area (Å²) in [5, 5.41) is 3.54. The van der Waals surface area contributed by atoms with Crippen molar-refractivity contribution in [3.8, 4) is 0 Å². The summed E-state index contributed by atoms with van der Waals surface area (Å²) >= 11 is 0. The van der Waals surface area contributed by atoms with Gasteiger partial charge in [-0.3, -0.25) is 0 Å². The molecule has 2 heterocycles. The SMILES string of the molecule is CCC.CN1CCCC2(CCCNC2)C1. The first-order valence-electron chi connectivity index (χ1n) is 6.62. The molecule has 1 atom stereocenters. The van der Waals surface area contributed by atoms with Gasteiger partial charge in [-0.05, 0) is 51.2 Å². The van der Waals surface area contributed by atoms with Gasteiger partial charge < -0.3 is 10.2 Å². The number of piperidine rings is 2. The zero-order chi connectivity index (χ0) is 11.1. The molecule has 2 saturated heterocycles. The quantitative estimate of drug-likeness (QED) is 0.664. The van der Waals surface area contributed by atoms with Gasteiger partial charge >= 0.3 is 0 Å². The fourth-order valence-corrected chi connectivity index (χ4v) is 2.83. The summed E-state index contributed by atoms with van der Waals surface area (Å²) in [6, 6.07) is 0. The van der Waals surface area contributed by atoms with Crippen molar-refractivity contribution in [2.24, 2.45) is 5.41 Å². The van der Waals surface area contributed by atoms with E-state index in [1.165, 1.54) is 58.3 Å². The van der Waals surface area contributed by atoms with Gasteiger partial charge in [-0.1, -0.05) is 20.3 Å². The first-order valence-corrected chi connectivity index (χ1v) is 6.62. The van der Waals surface area contributed by atoms with Crippen molar-refractivity contribution in [3.63, 3.8) is 0 Å². The van der Waals surface area contributed by atoms with Gasteiger partial charge in [0.25, 0.3) is 0 Å². The molecule has 2 nitrogen and oxygen atoms in total. The van der Waals surface area contributed by atoms with Gasteiger partial charge in [-0.2, -0.15) is 0 Å². The van der Waals surface area contributed by atoms with E-state index in [4.69, 9.17) is 0 Å². The zero-order valence-electron chi connectivity index (χ0n) is 10.8. The maximum atomic E-state index is 3.54. The van der Waals surface area contributed by atoms with E-state index in [2.05, 4.69) is 31.1 Å². The minimum Gasteiger partial charge on any atom is -0.316 e. The molecule has 0 saturated carbocycles. The molecule has 2 aliphatic heterocycles. The lowest BCUT2D eigenvalue weighted by atomic mass is 9.74. The molecule has 2 aliphatic rings. The third kappa shape index (κ3) is 4.12.